The first-order chi connectivity index (χ1) is 13.4. The van der Waals surface area contributed by atoms with Crippen LogP contribution in [0.4, 0.5) is 0 Å². The van der Waals surface area contributed by atoms with Crippen LogP contribution in [0.1, 0.15) is 32.0 Å². The van der Waals surface area contributed by atoms with E-state index in [4.69, 9.17) is 27.0 Å². The lowest BCUT2D eigenvalue weighted by molar-refractivity contribution is 0.282. The van der Waals surface area contributed by atoms with Crippen LogP contribution in [0.3, 0.4) is 0 Å². The van der Waals surface area contributed by atoms with Crippen LogP contribution >= 0.6 is 12.2 Å². The van der Waals surface area contributed by atoms with Crippen molar-refractivity contribution < 1.29 is 4.74 Å². The number of pyridine rings is 1. The molecule has 0 fully saturated rings. The number of ether oxygens (including phenoxy) is 1. The predicted octanol–water partition coefficient (Wildman–Crippen LogP) is 3.42. The second-order valence-corrected chi connectivity index (χ2v) is 8.38. The average molecular weight is 396 g/mol. The number of fused-ring (bicyclic) bond motifs is 2. The van der Waals surface area contributed by atoms with Crippen molar-refractivity contribution in [2.75, 3.05) is 20.2 Å². The Balaban J connectivity index is 1.91. The lowest BCUT2D eigenvalue weighted by atomic mass is 9.90. The molecule has 0 unspecified atom stereocenters. The minimum atomic E-state index is -0.111. The molecule has 0 amide bonds. The van der Waals surface area contributed by atoms with Crippen molar-refractivity contribution in [3.8, 4) is 11.6 Å². The maximum Gasteiger partial charge on any atom is 0.220 e. The molecule has 1 aliphatic rings. The van der Waals surface area contributed by atoms with Crippen molar-refractivity contribution in [1.82, 2.24) is 25.0 Å². The number of aromatic nitrogens is 3. The fraction of sp³-hybridized carbons (Fsp3) is 0.381. The van der Waals surface area contributed by atoms with Crippen LogP contribution < -0.4 is 10.1 Å². The number of rotatable bonds is 1. The Hall–Kier alpha value is -2.67. The molecule has 3 aromatic rings. The zero-order chi connectivity index (χ0) is 19.9. The summed E-state index contributed by atoms with van der Waals surface area (Å²) >= 11 is 5.44. The molecule has 3 heterocycles. The Morgan fingerprint density at radius 1 is 1.21 bits per heavy atom. The third-order valence-corrected chi connectivity index (χ3v) is 5.33. The van der Waals surface area contributed by atoms with Crippen LogP contribution in [0, 0.1) is 0 Å². The molecular formula is C21H25N5OS. The predicted molar refractivity (Wildman–Crippen MR) is 115 cm³/mol. The minimum absolute atomic E-state index is 0.111. The lowest BCUT2D eigenvalue weighted by Crippen LogP contribution is -2.38. The zero-order valence-corrected chi connectivity index (χ0v) is 17.5. The van der Waals surface area contributed by atoms with Crippen molar-refractivity contribution in [3.63, 3.8) is 0 Å². The Bertz CT molecular complexity index is 1020. The molecule has 28 heavy (non-hydrogen) atoms. The van der Waals surface area contributed by atoms with Gasteiger partial charge in [-0.05, 0) is 30.4 Å². The number of hydrogen-bond donors (Lipinski definition) is 1. The van der Waals surface area contributed by atoms with Crippen LogP contribution in [0.15, 0.2) is 36.4 Å². The molecule has 0 radical (unpaired) electrons. The van der Waals surface area contributed by atoms with Gasteiger partial charge in [0.25, 0.3) is 0 Å². The normalized spacial score (nSPS) is 14.4. The van der Waals surface area contributed by atoms with Gasteiger partial charge in [-0.1, -0.05) is 39.0 Å². The number of nitrogens with one attached hydrogen (secondary N) is 1. The van der Waals surface area contributed by atoms with Gasteiger partial charge in [0.1, 0.15) is 6.61 Å². The zero-order valence-electron chi connectivity index (χ0n) is 16.7. The lowest BCUT2D eigenvalue weighted by Gasteiger charge is -2.22. The molecular weight excluding hydrogens is 370 g/mol. The van der Waals surface area contributed by atoms with Crippen LogP contribution in [-0.4, -0.2) is 45.0 Å². The van der Waals surface area contributed by atoms with E-state index in [0.717, 1.165) is 34.5 Å². The first kappa shape index (κ1) is 18.7. The molecule has 4 rings (SSSR count). The molecule has 2 aromatic heterocycles. The SMILES string of the molecule is CNC(=S)N1CCOc2nc3c(cc2C1)c(C(C)(C)C)nn3-c1ccccc1. The van der Waals surface area contributed by atoms with E-state index in [1.165, 1.54) is 0 Å². The first-order valence-corrected chi connectivity index (χ1v) is 9.87. The molecule has 146 valence electrons. The summed E-state index contributed by atoms with van der Waals surface area (Å²) in [5.74, 6) is 0.659. The second kappa shape index (κ2) is 7.05. The Morgan fingerprint density at radius 3 is 2.64 bits per heavy atom. The van der Waals surface area contributed by atoms with Gasteiger partial charge in [-0.25, -0.2) is 4.68 Å². The topological polar surface area (TPSA) is 55.2 Å². The molecule has 1 aromatic carbocycles. The number of nitrogens with zero attached hydrogens (tertiary/aromatic N) is 4. The van der Waals surface area contributed by atoms with Gasteiger partial charge in [0, 0.05) is 23.4 Å². The first-order valence-electron chi connectivity index (χ1n) is 9.46. The second-order valence-electron chi connectivity index (χ2n) is 7.99. The summed E-state index contributed by atoms with van der Waals surface area (Å²) in [5, 5.41) is 9.77. The van der Waals surface area contributed by atoms with Crippen LogP contribution in [0.25, 0.3) is 16.7 Å². The van der Waals surface area contributed by atoms with Gasteiger partial charge < -0.3 is 15.0 Å². The van der Waals surface area contributed by atoms with Crippen molar-refractivity contribution in [3.05, 3.63) is 47.7 Å². The summed E-state index contributed by atoms with van der Waals surface area (Å²) in [6, 6.07) is 12.3. The highest BCUT2D eigenvalue weighted by Crippen LogP contribution is 2.34. The van der Waals surface area contributed by atoms with Gasteiger partial charge in [0.15, 0.2) is 10.8 Å². The van der Waals surface area contributed by atoms with E-state index < -0.39 is 0 Å². The van der Waals surface area contributed by atoms with Crippen molar-refractivity contribution in [2.24, 2.45) is 0 Å². The summed E-state index contributed by atoms with van der Waals surface area (Å²) in [6.45, 7) is 8.46. The summed E-state index contributed by atoms with van der Waals surface area (Å²) < 4.78 is 7.90. The largest absolute Gasteiger partial charge is 0.475 e. The minimum Gasteiger partial charge on any atom is -0.475 e. The van der Waals surface area contributed by atoms with Crippen molar-refractivity contribution >= 4 is 28.4 Å². The molecule has 0 saturated heterocycles. The fourth-order valence-corrected chi connectivity index (χ4v) is 3.63. The molecule has 0 spiro atoms. The average Bonchev–Trinajstić information content (AvgIpc) is 2.92. The van der Waals surface area contributed by atoms with Gasteiger partial charge in [0.2, 0.25) is 5.88 Å². The van der Waals surface area contributed by atoms with E-state index in [1.807, 2.05) is 42.1 Å². The van der Waals surface area contributed by atoms with Gasteiger partial charge in [-0.3, -0.25) is 0 Å². The highest BCUT2D eigenvalue weighted by atomic mass is 32.1. The van der Waals surface area contributed by atoms with E-state index in [9.17, 15) is 0 Å². The quantitative estimate of drug-likeness (QED) is 0.637. The van der Waals surface area contributed by atoms with E-state index in [-0.39, 0.29) is 5.41 Å². The number of para-hydroxylation sites is 1. The van der Waals surface area contributed by atoms with Gasteiger partial charge >= 0.3 is 0 Å². The highest BCUT2D eigenvalue weighted by Gasteiger charge is 2.27. The van der Waals surface area contributed by atoms with Crippen molar-refractivity contribution in [2.45, 2.75) is 32.7 Å². The summed E-state index contributed by atoms with van der Waals surface area (Å²) in [4.78, 5) is 7.00. The van der Waals surface area contributed by atoms with Gasteiger partial charge in [-0.2, -0.15) is 10.1 Å². The van der Waals surface area contributed by atoms with Crippen LogP contribution in [-0.2, 0) is 12.0 Å². The van der Waals surface area contributed by atoms with Gasteiger partial charge in [-0.15, -0.1) is 0 Å². The Morgan fingerprint density at radius 2 is 1.96 bits per heavy atom. The molecule has 1 N–H and O–H groups in total. The molecule has 0 bridgehead atoms. The molecule has 7 heteroatoms. The van der Waals surface area contributed by atoms with Crippen LogP contribution in [0.2, 0.25) is 0 Å². The Labute approximate surface area is 170 Å². The smallest absolute Gasteiger partial charge is 0.220 e. The fourth-order valence-electron chi connectivity index (χ4n) is 3.48. The number of thiocarbonyl (C=S) groups is 1. The van der Waals surface area contributed by atoms with E-state index in [2.05, 4.69) is 37.1 Å². The van der Waals surface area contributed by atoms with E-state index in [0.29, 0.717) is 24.1 Å². The third kappa shape index (κ3) is 3.30. The maximum absolute atomic E-state index is 5.99. The molecule has 1 aliphatic heterocycles. The van der Waals surface area contributed by atoms with Crippen LogP contribution in [0.5, 0.6) is 5.88 Å². The molecule has 0 atom stereocenters. The summed E-state index contributed by atoms with van der Waals surface area (Å²) in [7, 11) is 1.85. The van der Waals surface area contributed by atoms with Gasteiger partial charge in [0.05, 0.1) is 24.5 Å². The highest BCUT2D eigenvalue weighted by molar-refractivity contribution is 7.80. The summed E-state index contributed by atoms with van der Waals surface area (Å²) in [6.07, 6.45) is 0. The number of benzene rings is 1. The van der Waals surface area contributed by atoms with E-state index in [1.54, 1.807) is 0 Å². The Kier molecular flexibility index (Phi) is 4.71. The monoisotopic (exact) mass is 395 g/mol. The molecule has 6 nitrogen and oxygen atoms in total. The standard InChI is InChI=1S/C21H25N5OS/c1-21(2,3)17-16-12-14-13-25(20(28)22-4)10-11-27-19(14)23-18(16)26(24-17)15-8-6-5-7-9-15/h5-9,12H,10-11,13H2,1-4H3,(H,22,28). The molecule has 0 saturated carbocycles. The third-order valence-electron chi connectivity index (χ3n) is 4.87. The number of hydrogen-bond acceptors (Lipinski definition) is 4. The summed E-state index contributed by atoms with van der Waals surface area (Å²) in [5.41, 5.74) is 3.75. The molecule has 0 aliphatic carbocycles. The van der Waals surface area contributed by atoms with E-state index >= 15 is 0 Å². The maximum atomic E-state index is 5.99. The van der Waals surface area contributed by atoms with Crippen molar-refractivity contribution in [1.29, 1.82) is 0 Å².